The Morgan fingerprint density at radius 1 is 1.19 bits per heavy atom. The van der Waals surface area contributed by atoms with Crippen LogP contribution in [0, 0.1) is 30.1 Å². The third kappa shape index (κ3) is 5.70. The highest BCUT2D eigenvalue weighted by Crippen LogP contribution is 2.64. The van der Waals surface area contributed by atoms with E-state index in [1.807, 2.05) is 31.2 Å². The van der Waals surface area contributed by atoms with E-state index in [0.717, 1.165) is 56.2 Å². The van der Waals surface area contributed by atoms with E-state index >= 15 is 0 Å². The van der Waals surface area contributed by atoms with Crippen molar-refractivity contribution < 1.29 is 23.9 Å². The van der Waals surface area contributed by atoms with Crippen LogP contribution in [0.5, 0.6) is 5.75 Å². The Morgan fingerprint density at radius 2 is 2.05 bits per heavy atom. The van der Waals surface area contributed by atoms with Crippen molar-refractivity contribution in [3.05, 3.63) is 64.2 Å². The molecule has 2 fully saturated rings. The number of aromatic nitrogens is 1. The lowest BCUT2D eigenvalue weighted by molar-refractivity contribution is -0.154. The maximum Gasteiger partial charge on any atom is 0.343 e. The van der Waals surface area contributed by atoms with Gasteiger partial charge >= 0.3 is 11.9 Å². The fourth-order valence-corrected chi connectivity index (χ4v) is 9.06. The zero-order valence-electron chi connectivity index (χ0n) is 24.7. The second-order valence-electron chi connectivity index (χ2n) is 12.7. The number of thiazole rings is 1. The minimum Gasteiger partial charge on any atom is -0.462 e. The second-order valence-corrected chi connectivity index (χ2v) is 14.0. The first-order valence-corrected chi connectivity index (χ1v) is 16.1. The zero-order valence-corrected chi connectivity index (χ0v) is 25.5. The minimum absolute atomic E-state index is 0.00936. The SMILES string of the molecule is CC(=O)O[C@H]1C[C@@H](CCC(=O)Nc2ncc(C)s2)C2C3CCc4cc(OC(=O)C5=CCCC=C5)ccc4C3CC[C@@]21C. The number of carbonyl (C=O) groups excluding carboxylic acids is 3. The van der Waals surface area contributed by atoms with Gasteiger partial charge in [-0.3, -0.25) is 9.59 Å². The molecule has 0 radical (unpaired) electrons. The number of carbonyl (C=O) groups is 3. The molecule has 1 aromatic heterocycles. The first-order chi connectivity index (χ1) is 20.2. The summed E-state index contributed by atoms with van der Waals surface area (Å²) in [5, 5.41) is 3.60. The Hall–Kier alpha value is -3.26. The number of anilines is 1. The molecular formula is C34H40N2O5S. The van der Waals surface area contributed by atoms with Crippen molar-refractivity contribution in [1.29, 1.82) is 0 Å². The number of allylic oxidation sites excluding steroid dienone is 2. The summed E-state index contributed by atoms with van der Waals surface area (Å²) in [6.45, 7) is 5.79. The average Bonchev–Trinajstić information content (AvgIpc) is 3.50. The molecule has 3 unspecified atom stereocenters. The van der Waals surface area contributed by atoms with Crippen molar-refractivity contribution in [2.24, 2.45) is 23.2 Å². The van der Waals surface area contributed by atoms with E-state index in [2.05, 4.69) is 29.4 Å². The summed E-state index contributed by atoms with van der Waals surface area (Å²) in [7, 11) is 0. The van der Waals surface area contributed by atoms with Gasteiger partial charge in [-0.1, -0.05) is 31.2 Å². The van der Waals surface area contributed by atoms with Crippen LogP contribution in [-0.2, 0) is 25.5 Å². The number of nitrogens with zero attached hydrogens (tertiary/aromatic N) is 1. The van der Waals surface area contributed by atoms with Crippen molar-refractivity contribution in [2.75, 3.05) is 5.32 Å². The quantitative estimate of drug-likeness (QED) is 0.275. The van der Waals surface area contributed by atoms with Gasteiger partial charge in [0, 0.05) is 29.8 Å². The number of hydrogen-bond donors (Lipinski definition) is 1. The van der Waals surface area contributed by atoms with E-state index in [1.165, 1.54) is 29.4 Å². The van der Waals surface area contributed by atoms with Gasteiger partial charge in [0.25, 0.3) is 0 Å². The van der Waals surface area contributed by atoms with Crippen LogP contribution in [0.3, 0.4) is 0 Å². The van der Waals surface area contributed by atoms with Crippen LogP contribution in [-0.4, -0.2) is 28.9 Å². The third-order valence-corrected chi connectivity index (χ3v) is 10.9. The van der Waals surface area contributed by atoms with Crippen molar-refractivity contribution in [3.8, 4) is 5.75 Å². The smallest absolute Gasteiger partial charge is 0.343 e. The highest BCUT2D eigenvalue weighted by Gasteiger charge is 2.59. The van der Waals surface area contributed by atoms with Crippen LogP contribution < -0.4 is 10.1 Å². The van der Waals surface area contributed by atoms with Gasteiger partial charge in [0.2, 0.25) is 5.91 Å². The van der Waals surface area contributed by atoms with Crippen LogP contribution >= 0.6 is 11.3 Å². The summed E-state index contributed by atoms with van der Waals surface area (Å²) in [4.78, 5) is 43.0. The molecule has 2 aromatic rings. The fourth-order valence-electron chi connectivity index (χ4n) is 8.38. The van der Waals surface area contributed by atoms with Crippen LogP contribution in [0.1, 0.15) is 87.1 Å². The number of rotatable bonds is 7. The van der Waals surface area contributed by atoms with E-state index in [9.17, 15) is 14.4 Å². The minimum atomic E-state index is -0.299. The second kappa shape index (κ2) is 11.8. The molecule has 4 aliphatic rings. The molecule has 8 heteroatoms. The number of esters is 2. The highest BCUT2D eigenvalue weighted by atomic mass is 32.1. The summed E-state index contributed by atoms with van der Waals surface area (Å²) in [5.41, 5.74) is 3.14. The Bertz CT molecular complexity index is 1440. The fraction of sp³-hybridized carbons (Fsp3) is 0.529. The molecule has 1 N–H and O–H groups in total. The summed E-state index contributed by atoms with van der Waals surface area (Å²) >= 11 is 1.48. The Balaban J connectivity index is 1.19. The molecule has 6 rings (SSSR count). The average molecular weight is 589 g/mol. The number of nitrogens with one attached hydrogen (secondary N) is 1. The van der Waals surface area contributed by atoms with Gasteiger partial charge < -0.3 is 14.8 Å². The Kier molecular flexibility index (Phi) is 8.09. The maximum atomic E-state index is 12.9. The standard InChI is InChI=1S/C34H40N2O5S/c1-20-19-35-33(42-20)36-30(38)14-10-24-18-29(40-21(2)37)34(3)16-15-27-26-13-11-25(17-23(26)9-12-28(27)31(24)34)41-32(39)22-7-5-4-6-8-22/h5,7-8,11,13,17,19,24,27-29,31H,4,6,9-10,12,14-16,18H2,1-3H3,(H,35,36,38)/t24-,27?,28?,29+,31?,34-/m1/s1. The molecule has 222 valence electrons. The first-order valence-electron chi connectivity index (χ1n) is 15.3. The summed E-state index contributed by atoms with van der Waals surface area (Å²) in [6.07, 6.45) is 15.2. The normalized spacial score (nSPS) is 29.5. The van der Waals surface area contributed by atoms with Gasteiger partial charge in [0.05, 0.1) is 5.57 Å². The number of ether oxygens (including phenoxy) is 2. The van der Waals surface area contributed by atoms with E-state index in [4.69, 9.17) is 9.47 Å². The lowest BCUT2D eigenvalue weighted by atomic mass is 9.53. The first kappa shape index (κ1) is 28.8. The molecule has 0 bridgehead atoms. The van der Waals surface area contributed by atoms with E-state index in [-0.39, 0.29) is 29.4 Å². The van der Waals surface area contributed by atoms with Gasteiger partial charge in [-0.2, -0.15) is 0 Å². The molecular weight excluding hydrogens is 548 g/mol. The molecule has 6 atom stereocenters. The van der Waals surface area contributed by atoms with Crippen LogP contribution in [0.25, 0.3) is 0 Å². The predicted octanol–water partition coefficient (Wildman–Crippen LogP) is 7.07. The van der Waals surface area contributed by atoms with E-state index in [1.54, 1.807) is 6.20 Å². The molecule has 42 heavy (non-hydrogen) atoms. The van der Waals surface area contributed by atoms with Gasteiger partial charge in [-0.05, 0) is 105 Å². The number of hydrogen-bond acceptors (Lipinski definition) is 7. The molecule has 0 spiro atoms. The van der Waals surface area contributed by atoms with Gasteiger partial charge in [0.15, 0.2) is 5.13 Å². The highest BCUT2D eigenvalue weighted by molar-refractivity contribution is 7.15. The molecule has 1 aromatic carbocycles. The van der Waals surface area contributed by atoms with Crippen LogP contribution in [0.4, 0.5) is 5.13 Å². The summed E-state index contributed by atoms with van der Waals surface area (Å²) < 4.78 is 11.7. The molecule has 4 aliphatic carbocycles. The van der Waals surface area contributed by atoms with Crippen molar-refractivity contribution in [2.45, 2.75) is 90.6 Å². The van der Waals surface area contributed by atoms with E-state index in [0.29, 0.717) is 46.5 Å². The van der Waals surface area contributed by atoms with Gasteiger partial charge in [0.1, 0.15) is 11.9 Å². The predicted molar refractivity (Wildman–Crippen MR) is 162 cm³/mol. The third-order valence-electron chi connectivity index (χ3n) is 10.1. The largest absolute Gasteiger partial charge is 0.462 e. The molecule has 7 nitrogen and oxygen atoms in total. The Labute approximate surface area is 251 Å². The number of aryl methyl sites for hydroxylation is 2. The molecule has 1 heterocycles. The molecule has 2 saturated carbocycles. The lowest BCUT2D eigenvalue weighted by Crippen LogP contribution is -2.46. The lowest BCUT2D eigenvalue weighted by Gasteiger charge is -2.51. The number of fused-ring (bicyclic) bond motifs is 5. The monoisotopic (exact) mass is 588 g/mol. The topological polar surface area (TPSA) is 94.6 Å². The van der Waals surface area contributed by atoms with E-state index < -0.39 is 0 Å². The zero-order chi connectivity index (χ0) is 29.4. The van der Waals surface area contributed by atoms with Gasteiger partial charge in [-0.15, -0.1) is 11.3 Å². The molecule has 0 saturated heterocycles. The van der Waals surface area contributed by atoms with Crippen molar-refractivity contribution in [1.82, 2.24) is 4.98 Å². The maximum absolute atomic E-state index is 12.9. The number of benzene rings is 1. The molecule has 1 amide bonds. The molecule has 0 aliphatic heterocycles. The number of amides is 1. The Morgan fingerprint density at radius 3 is 2.79 bits per heavy atom. The summed E-state index contributed by atoms with van der Waals surface area (Å²) in [6, 6.07) is 6.17. The van der Waals surface area contributed by atoms with Crippen LogP contribution in [0.2, 0.25) is 0 Å². The van der Waals surface area contributed by atoms with Gasteiger partial charge in [-0.25, -0.2) is 9.78 Å². The van der Waals surface area contributed by atoms with Crippen molar-refractivity contribution in [3.63, 3.8) is 0 Å². The van der Waals surface area contributed by atoms with Crippen LogP contribution in [0.15, 0.2) is 48.2 Å². The van der Waals surface area contributed by atoms with Crippen molar-refractivity contribution >= 4 is 34.3 Å². The summed E-state index contributed by atoms with van der Waals surface area (Å²) in [5.74, 6) is 1.60.